The van der Waals surface area contributed by atoms with E-state index in [2.05, 4.69) is 21.8 Å². The van der Waals surface area contributed by atoms with E-state index < -0.39 is 0 Å². The first-order valence-corrected chi connectivity index (χ1v) is 3.79. The monoisotopic (exact) mass is 165 g/mol. The van der Waals surface area contributed by atoms with Crippen molar-refractivity contribution in [2.45, 2.75) is 19.8 Å². The van der Waals surface area contributed by atoms with E-state index in [0.717, 1.165) is 12.0 Å². The number of carbonyl (C=O) groups excluding carboxylic acids is 1. The Bertz CT molecular complexity index is 277. The molecule has 12 heavy (non-hydrogen) atoms. The number of hydrogen-bond acceptors (Lipinski definition) is 3. The number of H-pyrrole nitrogens is 1. The Kier molecular flexibility index (Phi) is 2.74. The zero-order chi connectivity index (χ0) is 8.97. The van der Waals surface area contributed by atoms with Gasteiger partial charge in [-0.25, -0.2) is 4.98 Å². The van der Waals surface area contributed by atoms with E-state index in [4.69, 9.17) is 0 Å². The molecule has 1 N–H and O–H groups in total. The lowest BCUT2D eigenvalue weighted by Gasteiger charge is -1.97. The molecule has 1 rings (SSSR count). The summed E-state index contributed by atoms with van der Waals surface area (Å²) in [6.07, 6.45) is 2.49. The highest BCUT2D eigenvalue weighted by atomic mass is 16.1. The van der Waals surface area contributed by atoms with Crippen LogP contribution in [0.15, 0.2) is 18.5 Å². The molecule has 1 aromatic heterocycles. The predicted molar refractivity (Wildman–Crippen MR) is 44.8 cm³/mol. The fourth-order valence-electron chi connectivity index (χ4n) is 0.776. The summed E-state index contributed by atoms with van der Waals surface area (Å²) < 4.78 is 0. The highest BCUT2D eigenvalue weighted by molar-refractivity contribution is 5.93. The summed E-state index contributed by atoms with van der Waals surface area (Å²) in [5.74, 6) is 0.254. The third kappa shape index (κ3) is 2.02. The van der Waals surface area contributed by atoms with Gasteiger partial charge in [0.05, 0.1) is 0 Å². The molecule has 0 amide bonds. The number of nitrogens with one attached hydrogen (secondary N) is 1. The fraction of sp³-hybridized carbons (Fsp3) is 0.375. The topological polar surface area (TPSA) is 58.6 Å². The van der Waals surface area contributed by atoms with Crippen molar-refractivity contribution >= 4 is 5.78 Å². The van der Waals surface area contributed by atoms with Gasteiger partial charge in [0.1, 0.15) is 6.33 Å². The fourth-order valence-corrected chi connectivity index (χ4v) is 0.776. The second-order valence-electron chi connectivity index (χ2n) is 2.54. The first kappa shape index (κ1) is 8.64. The van der Waals surface area contributed by atoms with Gasteiger partial charge in [0.25, 0.3) is 0 Å². The van der Waals surface area contributed by atoms with Gasteiger partial charge >= 0.3 is 0 Å². The number of hydrogen-bond donors (Lipinski definition) is 1. The summed E-state index contributed by atoms with van der Waals surface area (Å²) in [6, 6.07) is 0. The molecule has 1 aromatic rings. The van der Waals surface area contributed by atoms with E-state index in [0.29, 0.717) is 12.2 Å². The minimum atomic E-state index is -0.0562. The number of aromatic nitrogens is 3. The average Bonchev–Trinajstić information content (AvgIpc) is 2.56. The highest BCUT2D eigenvalue weighted by Gasteiger charge is 2.08. The van der Waals surface area contributed by atoms with E-state index in [1.807, 2.05) is 6.92 Å². The Morgan fingerprint density at radius 2 is 2.50 bits per heavy atom. The van der Waals surface area contributed by atoms with Gasteiger partial charge in [0.15, 0.2) is 5.82 Å². The second-order valence-corrected chi connectivity index (χ2v) is 2.54. The van der Waals surface area contributed by atoms with Crippen LogP contribution >= 0.6 is 0 Å². The summed E-state index contributed by atoms with van der Waals surface area (Å²) in [5.41, 5.74) is 0.913. The maximum atomic E-state index is 11.3. The van der Waals surface area contributed by atoms with Crippen LogP contribution in [0.2, 0.25) is 0 Å². The first-order valence-electron chi connectivity index (χ1n) is 3.79. The number of aromatic amines is 1. The molecule has 0 unspecified atom stereocenters. The molecule has 0 atom stereocenters. The SMILES string of the molecule is C=C(CC)CC(=O)c1ncn[nH]1. The van der Waals surface area contributed by atoms with Crippen LogP contribution < -0.4 is 0 Å². The van der Waals surface area contributed by atoms with Crippen LogP contribution in [-0.2, 0) is 0 Å². The van der Waals surface area contributed by atoms with Crippen molar-refractivity contribution in [2.75, 3.05) is 0 Å². The third-order valence-corrected chi connectivity index (χ3v) is 1.59. The lowest BCUT2D eigenvalue weighted by Crippen LogP contribution is -2.02. The van der Waals surface area contributed by atoms with Crippen molar-refractivity contribution in [3.05, 3.63) is 24.3 Å². The summed E-state index contributed by atoms with van der Waals surface area (Å²) in [4.78, 5) is 15.0. The minimum absolute atomic E-state index is 0.0562. The van der Waals surface area contributed by atoms with Gasteiger partial charge in [-0.1, -0.05) is 19.1 Å². The van der Waals surface area contributed by atoms with E-state index in [1.54, 1.807) is 0 Å². The molecule has 0 fully saturated rings. The number of nitrogens with zero attached hydrogens (tertiary/aromatic N) is 2. The van der Waals surface area contributed by atoms with Crippen LogP contribution in [0.3, 0.4) is 0 Å². The standard InChI is InChI=1S/C8H11N3O/c1-3-6(2)4-7(12)8-9-5-10-11-8/h5H,2-4H2,1H3,(H,9,10,11). The molecule has 1 heterocycles. The second kappa shape index (κ2) is 3.80. The Morgan fingerprint density at radius 1 is 1.75 bits per heavy atom. The van der Waals surface area contributed by atoms with Crippen LogP contribution in [0.4, 0.5) is 0 Å². The molecule has 0 aliphatic rings. The molecule has 4 heteroatoms. The van der Waals surface area contributed by atoms with Gasteiger partial charge in [0, 0.05) is 6.42 Å². The van der Waals surface area contributed by atoms with E-state index >= 15 is 0 Å². The minimum Gasteiger partial charge on any atom is -0.290 e. The lowest BCUT2D eigenvalue weighted by molar-refractivity contribution is 0.0983. The molecule has 0 aliphatic heterocycles. The molecule has 0 spiro atoms. The zero-order valence-electron chi connectivity index (χ0n) is 7.00. The van der Waals surface area contributed by atoms with Crippen LogP contribution in [0, 0.1) is 0 Å². The van der Waals surface area contributed by atoms with Crippen LogP contribution in [0.1, 0.15) is 30.4 Å². The Labute approximate surface area is 70.7 Å². The molecule has 0 bridgehead atoms. The van der Waals surface area contributed by atoms with Gasteiger partial charge in [-0.05, 0) is 6.42 Å². The number of allylic oxidation sites excluding steroid dienone is 1. The summed E-state index contributed by atoms with van der Waals surface area (Å²) in [5, 5.41) is 6.10. The molecule has 0 saturated carbocycles. The van der Waals surface area contributed by atoms with E-state index in [1.165, 1.54) is 6.33 Å². The van der Waals surface area contributed by atoms with Gasteiger partial charge in [-0.15, -0.1) is 0 Å². The normalized spacial score (nSPS) is 9.75. The van der Waals surface area contributed by atoms with Gasteiger partial charge in [0.2, 0.25) is 5.78 Å². The van der Waals surface area contributed by atoms with Crippen molar-refractivity contribution < 1.29 is 4.79 Å². The van der Waals surface area contributed by atoms with E-state index in [-0.39, 0.29) is 5.78 Å². The Balaban J connectivity index is 2.56. The summed E-state index contributed by atoms with van der Waals surface area (Å²) in [6.45, 7) is 5.71. The van der Waals surface area contributed by atoms with Crippen molar-refractivity contribution in [1.82, 2.24) is 15.2 Å². The Morgan fingerprint density at radius 3 is 3.00 bits per heavy atom. The van der Waals surface area contributed by atoms with Crippen molar-refractivity contribution in [3.63, 3.8) is 0 Å². The molecule has 0 aliphatic carbocycles. The van der Waals surface area contributed by atoms with Gasteiger partial charge in [-0.3, -0.25) is 9.89 Å². The quantitative estimate of drug-likeness (QED) is 0.541. The maximum absolute atomic E-state index is 11.3. The molecule has 64 valence electrons. The average molecular weight is 165 g/mol. The number of carbonyl (C=O) groups is 1. The van der Waals surface area contributed by atoms with Crippen LogP contribution in [0.5, 0.6) is 0 Å². The molecular formula is C8H11N3O. The number of rotatable bonds is 4. The van der Waals surface area contributed by atoms with E-state index in [9.17, 15) is 4.79 Å². The third-order valence-electron chi connectivity index (χ3n) is 1.59. The molecular weight excluding hydrogens is 154 g/mol. The molecule has 0 aromatic carbocycles. The lowest BCUT2D eigenvalue weighted by atomic mass is 10.1. The number of ketones is 1. The molecule has 0 radical (unpaired) electrons. The molecule has 4 nitrogen and oxygen atoms in total. The largest absolute Gasteiger partial charge is 0.290 e. The Hall–Kier alpha value is -1.45. The first-order chi connectivity index (χ1) is 5.74. The van der Waals surface area contributed by atoms with Gasteiger partial charge < -0.3 is 0 Å². The summed E-state index contributed by atoms with van der Waals surface area (Å²) >= 11 is 0. The van der Waals surface area contributed by atoms with Gasteiger partial charge in [-0.2, -0.15) is 5.10 Å². The smallest absolute Gasteiger partial charge is 0.203 e. The summed E-state index contributed by atoms with van der Waals surface area (Å²) in [7, 11) is 0. The predicted octanol–water partition coefficient (Wildman–Crippen LogP) is 1.34. The van der Waals surface area contributed by atoms with Crippen LogP contribution in [0.25, 0.3) is 0 Å². The van der Waals surface area contributed by atoms with Crippen LogP contribution in [-0.4, -0.2) is 21.0 Å². The van der Waals surface area contributed by atoms with Crippen molar-refractivity contribution in [1.29, 1.82) is 0 Å². The molecule has 0 saturated heterocycles. The number of Topliss-reactive ketones (excluding diaryl/α,β-unsaturated/α-hetero) is 1. The zero-order valence-corrected chi connectivity index (χ0v) is 7.00. The maximum Gasteiger partial charge on any atom is 0.203 e. The highest BCUT2D eigenvalue weighted by Crippen LogP contribution is 2.06. The van der Waals surface area contributed by atoms with Crippen molar-refractivity contribution in [3.8, 4) is 0 Å². The van der Waals surface area contributed by atoms with Crippen molar-refractivity contribution in [2.24, 2.45) is 0 Å².